The summed E-state index contributed by atoms with van der Waals surface area (Å²) in [7, 11) is 1.93. The number of hydrogen-bond acceptors (Lipinski definition) is 7. The van der Waals surface area contributed by atoms with Crippen LogP contribution in [0.25, 0.3) is 22.1 Å². The van der Waals surface area contributed by atoms with Crippen molar-refractivity contribution in [3.63, 3.8) is 0 Å². The van der Waals surface area contributed by atoms with Crippen molar-refractivity contribution in [1.29, 1.82) is 0 Å². The van der Waals surface area contributed by atoms with E-state index in [-0.39, 0.29) is 23.6 Å². The first kappa shape index (κ1) is 26.1. The van der Waals surface area contributed by atoms with E-state index in [2.05, 4.69) is 26.8 Å². The predicted molar refractivity (Wildman–Crippen MR) is 158 cm³/mol. The van der Waals surface area contributed by atoms with E-state index in [0.717, 1.165) is 48.1 Å². The van der Waals surface area contributed by atoms with E-state index in [0.29, 0.717) is 34.3 Å². The van der Waals surface area contributed by atoms with Crippen LogP contribution in [0, 0.1) is 18.7 Å². The van der Waals surface area contributed by atoms with Gasteiger partial charge in [-0.2, -0.15) is 0 Å². The number of nitrogens with zero attached hydrogens (tertiary/aromatic N) is 6. The Labute approximate surface area is 242 Å². The van der Waals surface area contributed by atoms with Gasteiger partial charge in [-0.3, -0.25) is 4.79 Å². The fourth-order valence-corrected chi connectivity index (χ4v) is 6.47. The van der Waals surface area contributed by atoms with Crippen LogP contribution < -0.4 is 10.1 Å². The molecule has 1 aliphatic carbocycles. The second-order valence-corrected chi connectivity index (χ2v) is 11.2. The molecule has 0 radical (unpaired) electrons. The standard InChI is InChI=1S/C32H30FN7O2/c1-4-30(41)40-10-9-19-12-20(13-28(19)40)23-6-7-24-31(37-23)32(35-16-34-24)38-25-11-18(2)29(15-22(25)33)42-21-5-8-27-26(14-21)36-17-39(27)3/h4-8,11,14-17,19-20,28H,1,9-10,12-13H2,2-3H3,(H,34,35,38)/t19-,20+,28+/m0/s1. The van der Waals surface area contributed by atoms with Gasteiger partial charge >= 0.3 is 0 Å². The number of carbonyl (C=O) groups is 1. The molecule has 1 aliphatic heterocycles. The van der Waals surface area contributed by atoms with E-state index in [1.165, 1.54) is 18.5 Å². The number of imidazole rings is 1. The lowest BCUT2D eigenvalue weighted by atomic mass is 9.99. The number of rotatable bonds is 6. The summed E-state index contributed by atoms with van der Waals surface area (Å²) in [5, 5.41) is 3.14. The number of aromatic nitrogens is 5. The van der Waals surface area contributed by atoms with Crippen molar-refractivity contribution in [2.45, 2.75) is 38.1 Å². The number of nitrogens with one attached hydrogen (secondary N) is 1. The van der Waals surface area contributed by atoms with Crippen LogP contribution in [-0.4, -0.2) is 47.9 Å². The van der Waals surface area contributed by atoms with E-state index in [9.17, 15) is 4.79 Å². The van der Waals surface area contributed by atoms with Gasteiger partial charge in [0.25, 0.3) is 0 Å². The third kappa shape index (κ3) is 4.52. The van der Waals surface area contributed by atoms with Gasteiger partial charge in [0.1, 0.15) is 29.2 Å². The van der Waals surface area contributed by atoms with Crippen molar-refractivity contribution >= 4 is 39.5 Å². The van der Waals surface area contributed by atoms with Crippen LogP contribution in [0.1, 0.15) is 36.4 Å². The Bertz CT molecular complexity index is 1870. The molecule has 0 unspecified atom stereocenters. The molecule has 212 valence electrons. The molecule has 3 aromatic heterocycles. The van der Waals surface area contributed by atoms with E-state index >= 15 is 4.39 Å². The van der Waals surface area contributed by atoms with E-state index < -0.39 is 5.82 Å². The molecule has 2 aromatic carbocycles. The van der Waals surface area contributed by atoms with Crippen molar-refractivity contribution in [2.75, 3.05) is 11.9 Å². The Morgan fingerprint density at radius 1 is 1.12 bits per heavy atom. The van der Waals surface area contributed by atoms with Gasteiger partial charge in [-0.05, 0) is 74.1 Å². The van der Waals surface area contributed by atoms with Crippen LogP contribution in [0.5, 0.6) is 11.5 Å². The zero-order valence-electron chi connectivity index (χ0n) is 23.4. The minimum atomic E-state index is -0.479. The number of benzene rings is 2. The maximum absolute atomic E-state index is 15.4. The van der Waals surface area contributed by atoms with Gasteiger partial charge < -0.3 is 19.5 Å². The molecule has 1 amide bonds. The summed E-state index contributed by atoms with van der Waals surface area (Å²) in [5.41, 5.74) is 4.99. The molecule has 5 aromatic rings. The molecular formula is C32H30FN7O2. The summed E-state index contributed by atoms with van der Waals surface area (Å²) in [6.45, 7) is 6.31. The van der Waals surface area contributed by atoms with Crippen LogP contribution in [0.4, 0.5) is 15.9 Å². The molecule has 9 nitrogen and oxygen atoms in total. The number of likely N-dealkylation sites (tertiary alicyclic amines) is 1. The quantitative estimate of drug-likeness (QED) is 0.247. The summed E-state index contributed by atoms with van der Waals surface area (Å²) < 4.78 is 23.4. The molecule has 10 heteroatoms. The molecule has 1 N–H and O–H groups in total. The Balaban J connectivity index is 1.14. The predicted octanol–water partition coefficient (Wildman–Crippen LogP) is 6.18. The lowest BCUT2D eigenvalue weighted by Crippen LogP contribution is -2.34. The van der Waals surface area contributed by atoms with E-state index in [4.69, 9.17) is 9.72 Å². The Morgan fingerprint density at radius 2 is 2.00 bits per heavy atom. The van der Waals surface area contributed by atoms with Crippen molar-refractivity contribution in [2.24, 2.45) is 13.0 Å². The smallest absolute Gasteiger partial charge is 0.246 e. The first-order chi connectivity index (χ1) is 20.4. The third-order valence-corrected chi connectivity index (χ3v) is 8.62. The number of anilines is 2. The molecule has 3 atom stereocenters. The molecule has 42 heavy (non-hydrogen) atoms. The number of halogens is 1. The highest BCUT2D eigenvalue weighted by Crippen LogP contribution is 2.46. The Kier molecular flexibility index (Phi) is 6.33. The normalized spacial score (nSPS) is 19.8. The summed E-state index contributed by atoms with van der Waals surface area (Å²) in [5.74, 6) is 1.62. The number of aryl methyl sites for hydroxylation is 2. The van der Waals surface area contributed by atoms with Gasteiger partial charge in [0.15, 0.2) is 5.82 Å². The zero-order valence-corrected chi connectivity index (χ0v) is 23.4. The second-order valence-electron chi connectivity index (χ2n) is 11.2. The topological polar surface area (TPSA) is 98.1 Å². The maximum atomic E-state index is 15.4. The van der Waals surface area contributed by atoms with Crippen LogP contribution in [0.3, 0.4) is 0 Å². The summed E-state index contributed by atoms with van der Waals surface area (Å²) in [6.07, 6.45) is 7.43. The Hall–Kier alpha value is -4.86. The second kappa shape index (κ2) is 10.2. The van der Waals surface area contributed by atoms with Crippen LogP contribution in [-0.2, 0) is 11.8 Å². The highest BCUT2D eigenvalue weighted by atomic mass is 19.1. The highest BCUT2D eigenvalue weighted by molar-refractivity contribution is 5.88. The molecule has 2 aliphatic rings. The van der Waals surface area contributed by atoms with Gasteiger partial charge in [-0.15, -0.1) is 0 Å². The van der Waals surface area contributed by atoms with Crippen molar-refractivity contribution in [1.82, 2.24) is 29.4 Å². The molecule has 1 saturated carbocycles. The van der Waals surface area contributed by atoms with E-state index in [1.54, 1.807) is 12.4 Å². The maximum Gasteiger partial charge on any atom is 0.246 e. The Morgan fingerprint density at radius 3 is 2.86 bits per heavy atom. The molecule has 4 heterocycles. The number of fused-ring (bicyclic) bond motifs is 3. The minimum Gasteiger partial charge on any atom is -0.457 e. The first-order valence-electron chi connectivity index (χ1n) is 14.1. The number of hydrogen-bond donors (Lipinski definition) is 1. The van der Waals surface area contributed by atoms with Gasteiger partial charge in [-0.25, -0.2) is 24.3 Å². The van der Waals surface area contributed by atoms with Crippen molar-refractivity contribution < 1.29 is 13.9 Å². The molecule has 0 spiro atoms. The lowest BCUT2D eigenvalue weighted by Gasteiger charge is -2.23. The molecule has 2 fully saturated rings. The van der Waals surface area contributed by atoms with Crippen LogP contribution in [0.2, 0.25) is 0 Å². The third-order valence-electron chi connectivity index (χ3n) is 8.62. The average Bonchev–Trinajstić information content (AvgIpc) is 3.70. The minimum absolute atomic E-state index is 0.00230. The molecule has 7 rings (SSSR count). The number of ether oxygens (including phenoxy) is 1. The summed E-state index contributed by atoms with van der Waals surface area (Å²) in [6, 6.07) is 12.8. The highest BCUT2D eigenvalue weighted by Gasteiger charge is 2.44. The largest absolute Gasteiger partial charge is 0.457 e. The average molecular weight is 564 g/mol. The van der Waals surface area contributed by atoms with Crippen molar-refractivity contribution in [3.05, 3.63) is 84.8 Å². The lowest BCUT2D eigenvalue weighted by molar-refractivity contribution is -0.126. The monoisotopic (exact) mass is 563 g/mol. The van der Waals surface area contributed by atoms with Gasteiger partial charge in [-0.1, -0.05) is 6.58 Å². The molecule has 0 bridgehead atoms. The van der Waals surface area contributed by atoms with Gasteiger partial charge in [0, 0.05) is 43.4 Å². The van der Waals surface area contributed by atoms with Gasteiger partial charge in [0.2, 0.25) is 5.91 Å². The summed E-state index contributed by atoms with van der Waals surface area (Å²) in [4.78, 5) is 32.4. The first-order valence-corrected chi connectivity index (χ1v) is 14.1. The number of pyridine rings is 1. The number of amides is 1. The zero-order chi connectivity index (χ0) is 29.0. The van der Waals surface area contributed by atoms with E-state index in [1.807, 2.05) is 53.8 Å². The molecule has 1 saturated heterocycles. The van der Waals surface area contributed by atoms with Crippen LogP contribution in [0.15, 0.2) is 67.8 Å². The fraction of sp³-hybridized carbons (Fsp3) is 0.281. The van der Waals surface area contributed by atoms with Crippen molar-refractivity contribution in [3.8, 4) is 11.5 Å². The SMILES string of the molecule is C=CC(=O)N1CC[C@H]2C[C@@H](c3ccc4ncnc(Nc5cc(C)c(Oc6ccc7c(c6)ncn7C)cc5F)c4n3)C[C@H]21. The number of carbonyl (C=O) groups excluding carboxylic acids is 1. The molecular weight excluding hydrogens is 533 g/mol. The van der Waals surface area contributed by atoms with Crippen LogP contribution >= 0.6 is 0 Å². The fourth-order valence-electron chi connectivity index (χ4n) is 6.47. The summed E-state index contributed by atoms with van der Waals surface area (Å²) >= 11 is 0. The van der Waals surface area contributed by atoms with Gasteiger partial charge in [0.05, 0.1) is 28.6 Å².